The number of ketones is 1. The third kappa shape index (κ3) is 3.23. The van der Waals surface area contributed by atoms with E-state index in [9.17, 15) is 24.6 Å². The zero-order valence-electron chi connectivity index (χ0n) is 15.8. The molecular weight excluding hydrogens is 378 g/mol. The Morgan fingerprint density at radius 3 is 2.24 bits per heavy atom. The number of benzene rings is 2. The Kier molecular flexibility index (Phi) is 5.38. The van der Waals surface area contributed by atoms with Gasteiger partial charge in [-0.3, -0.25) is 14.5 Å². The van der Waals surface area contributed by atoms with Crippen LogP contribution in [-0.4, -0.2) is 47.3 Å². The summed E-state index contributed by atoms with van der Waals surface area (Å²) < 4.78 is 9.98. The summed E-state index contributed by atoms with van der Waals surface area (Å²) in [6.45, 7) is 2.25. The van der Waals surface area contributed by atoms with Gasteiger partial charge in [0, 0.05) is 11.3 Å². The molecule has 0 aromatic heterocycles. The second-order valence-electron chi connectivity index (χ2n) is 6.15. The Morgan fingerprint density at radius 2 is 1.69 bits per heavy atom. The van der Waals surface area contributed by atoms with Gasteiger partial charge >= 0.3 is 11.9 Å². The molecule has 2 N–H and O–H groups in total. The molecular formula is C21H19NO7. The minimum Gasteiger partial charge on any atom is -0.507 e. The first kappa shape index (κ1) is 20.1. The van der Waals surface area contributed by atoms with Crippen LogP contribution in [0.15, 0.2) is 60.2 Å². The molecule has 1 atom stereocenters. The van der Waals surface area contributed by atoms with Gasteiger partial charge in [-0.15, -0.1) is 0 Å². The molecule has 1 aliphatic heterocycles. The number of para-hydroxylation sites is 1. The monoisotopic (exact) mass is 397 g/mol. The van der Waals surface area contributed by atoms with Crippen molar-refractivity contribution in [3.05, 3.63) is 65.7 Å². The fraction of sp³-hybridized carbons (Fsp3) is 0.190. The molecule has 1 aliphatic rings. The van der Waals surface area contributed by atoms with Crippen LogP contribution in [0, 0.1) is 0 Å². The number of aliphatic hydroxyl groups is 2. The smallest absolute Gasteiger partial charge is 0.365 e. The van der Waals surface area contributed by atoms with Gasteiger partial charge in [0.15, 0.2) is 0 Å². The maximum Gasteiger partial charge on any atom is 0.365 e. The largest absolute Gasteiger partial charge is 0.507 e. The maximum atomic E-state index is 12.7. The summed E-state index contributed by atoms with van der Waals surface area (Å²) in [6, 6.07) is 13.6. The Bertz CT molecular complexity index is 982. The van der Waals surface area contributed by atoms with Crippen LogP contribution in [0.4, 0.5) is 5.69 Å². The molecule has 29 heavy (non-hydrogen) atoms. The average Bonchev–Trinajstić information content (AvgIpc) is 2.94. The third-order valence-corrected chi connectivity index (χ3v) is 4.46. The Balaban J connectivity index is 2.20. The standard InChI is InChI=1S/C21H19NO7/c1-3-29-15-11-9-13(10-12-15)17(23)16-18(24)19(25)22(14-7-5-4-6-8-14)21(16,27)20(26)28-2/h4-12,23,27H,3H2,1-2H3/b17-16-. The van der Waals surface area contributed by atoms with Crippen LogP contribution in [0.5, 0.6) is 5.75 Å². The molecule has 8 nitrogen and oxygen atoms in total. The van der Waals surface area contributed by atoms with Crippen LogP contribution >= 0.6 is 0 Å². The van der Waals surface area contributed by atoms with Gasteiger partial charge in [-0.25, -0.2) is 4.79 Å². The highest BCUT2D eigenvalue weighted by molar-refractivity contribution is 6.54. The lowest BCUT2D eigenvalue weighted by atomic mass is 9.97. The van der Waals surface area contributed by atoms with E-state index in [1.807, 2.05) is 6.92 Å². The first-order valence-electron chi connectivity index (χ1n) is 8.77. The molecule has 0 spiro atoms. The van der Waals surface area contributed by atoms with E-state index < -0.39 is 34.7 Å². The predicted octanol–water partition coefficient (Wildman–Crippen LogP) is 1.83. The number of esters is 1. The van der Waals surface area contributed by atoms with E-state index in [-0.39, 0.29) is 11.3 Å². The van der Waals surface area contributed by atoms with E-state index in [4.69, 9.17) is 4.74 Å². The fourth-order valence-corrected chi connectivity index (χ4v) is 3.14. The van der Waals surface area contributed by atoms with Crippen LogP contribution in [0.2, 0.25) is 0 Å². The second kappa shape index (κ2) is 7.76. The summed E-state index contributed by atoms with van der Waals surface area (Å²) in [6.07, 6.45) is 0. The van der Waals surface area contributed by atoms with Crippen molar-refractivity contribution < 1.29 is 34.1 Å². The van der Waals surface area contributed by atoms with E-state index in [1.165, 1.54) is 24.3 Å². The lowest BCUT2D eigenvalue weighted by Gasteiger charge is -2.30. The van der Waals surface area contributed by atoms with Gasteiger partial charge in [0.05, 0.1) is 13.7 Å². The van der Waals surface area contributed by atoms with Crippen molar-refractivity contribution in [2.75, 3.05) is 18.6 Å². The number of Topliss-reactive ketones (excluding diaryl/α,β-unsaturated/α-hetero) is 1. The Morgan fingerprint density at radius 1 is 1.07 bits per heavy atom. The summed E-state index contributed by atoms with van der Waals surface area (Å²) in [4.78, 5) is 38.5. The number of amides is 1. The van der Waals surface area contributed by atoms with Crippen LogP contribution < -0.4 is 9.64 Å². The molecule has 0 radical (unpaired) electrons. The van der Waals surface area contributed by atoms with E-state index in [0.717, 1.165) is 7.11 Å². The van der Waals surface area contributed by atoms with Gasteiger partial charge in [-0.1, -0.05) is 18.2 Å². The highest BCUT2D eigenvalue weighted by Gasteiger charge is 2.62. The van der Waals surface area contributed by atoms with Crippen molar-refractivity contribution >= 4 is 29.1 Å². The first-order valence-corrected chi connectivity index (χ1v) is 8.77. The van der Waals surface area contributed by atoms with Gasteiger partial charge in [-0.2, -0.15) is 0 Å². The number of carbonyl (C=O) groups excluding carboxylic acids is 3. The van der Waals surface area contributed by atoms with Crippen LogP contribution in [0.25, 0.3) is 5.76 Å². The molecule has 1 heterocycles. The SMILES string of the molecule is CCOc1ccc(/C(O)=C2\C(=O)C(=O)N(c3ccccc3)C2(O)C(=O)OC)cc1. The number of nitrogens with zero attached hydrogens (tertiary/aromatic N) is 1. The molecule has 2 aromatic rings. The van der Waals surface area contributed by atoms with Crippen molar-refractivity contribution in [1.82, 2.24) is 0 Å². The summed E-state index contributed by atoms with van der Waals surface area (Å²) >= 11 is 0. The lowest BCUT2D eigenvalue weighted by Crippen LogP contribution is -2.54. The highest BCUT2D eigenvalue weighted by Crippen LogP contribution is 2.39. The zero-order chi connectivity index (χ0) is 21.2. The number of hydrogen-bond acceptors (Lipinski definition) is 7. The molecule has 8 heteroatoms. The number of ether oxygens (including phenoxy) is 2. The van der Waals surface area contributed by atoms with Gasteiger partial charge < -0.3 is 19.7 Å². The number of methoxy groups -OCH3 is 1. The summed E-state index contributed by atoms with van der Waals surface area (Å²) in [7, 11) is 1.00. The summed E-state index contributed by atoms with van der Waals surface area (Å²) in [5.74, 6) is -3.85. The fourth-order valence-electron chi connectivity index (χ4n) is 3.14. The number of carbonyl (C=O) groups is 3. The van der Waals surface area contributed by atoms with Crippen molar-refractivity contribution in [2.24, 2.45) is 0 Å². The third-order valence-electron chi connectivity index (χ3n) is 4.46. The van der Waals surface area contributed by atoms with E-state index >= 15 is 0 Å². The second-order valence-corrected chi connectivity index (χ2v) is 6.15. The Hall–Kier alpha value is -3.65. The van der Waals surface area contributed by atoms with E-state index in [1.54, 1.807) is 30.3 Å². The quantitative estimate of drug-likeness (QED) is 0.342. The van der Waals surface area contributed by atoms with E-state index in [0.29, 0.717) is 17.3 Å². The van der Waals surface area contributed by atoms with Crippen LogP contribution in [0.3, 0.4) is 0 Å². The summed E-state index contributed by atoms with van der Waals surface area (Å²) in [5, 5.41) is 22.0. The summed E-state index contributed by atoms with van der Waals surface area (Å²) in [5.41, 5.74) is -3.40. The Labute approximate surface area is 166 Å². The molecule has 150 valence electrons. The molecule has 1 unspecified atom stereocenters. The molecule has 3 rings (SSSR count). The highest BCUT2D eigenvalue weighted by atomic mass is 16.5. The number of hydrogen-bond donors (Lipinski definition) is 2. The van der Waals surface area contributed by atoms with Crippen molar-refractivity contribution in [2.45, 2.75) is 12.6 Å². The van der Waals surface area contributed by atoms with Crippen molar-refractivity contribution in [3.8, 4) is 5.75 Å². The lowest BCUT2D eigenvalue weighted by molar-refractivity contribution is -0.158. The van der Waals surface area contributed by atoms with Crippen molar-refractivity contribution in [1.29, 1.82) is 0 Å². The molecule has 0 bridgehead atoms. The van der Waals surface area contributed by atoms with Gasteiger partial charge in [-0.05, 0) is 43.3 Å². The number of aliphatic hydroxyl groups excluding tert-OH is 1. The minimum absolute atomic E-state index is 0.0910. The number of anilines is 1. The topological polar surface area (TPSA) is 113 Å². The maximum absolute atomic E-state index is 12.7. The van der Waals surface area contributed by atoms with Gasteiger partial charge in [0.1, 0.15) is 17.1 Å². The molecule has 0 aliphatic carbocycles. The minimum atomic E-state index is -2.83. The predicted molar refractivity (Wildman–Crippen MR) is 103 cm³/mol. The van der Waals surface area contributed by atoms with Crippen LogP contribution in [-0.2, 0) is 19.1 Å². The normalized spacial score (nSPS) is 20.6. The van der Waals surface area contributed by atoms with Gasteiger partial charge in [0.25, 0.3) is 11.5 Å². The van der Waals surface area contributed by atoms with Crippen LogP contribution in [0.1, 0.15) is 12.5 Å². The molecule has 2 aromatic carbocycles. The van der Waals surface area contributed by atoms with Gasteiger partial charge in [0.2, 0.25) is 0 Å². The first-order chi connectivity index (χ1) is 13.9. The molecule has 0 saturated carbocycles. The van der Waals surface area contributed by atoms with Crippen molar-refractivity contribution in [3.63, 3.8) is 0 Å². The average molecular weight is 397 g/mol. The molecule has 1 amide bonds. The molecule has 1 saturated heterocycles. The van der Waals surface area contributed by atoms with E-state index in [2.05, 4.69) is 4.74 Å². The number of rotatable bonds is 5. The zero-order valence-corrected chi connectivity index (χ0v) is 15.8. The molecule has 1 fully saturated rings.